The van der Waals surface area contributed by atoms with Crippen LogP contribution in [0.25, 0.3) is 0 Å². The van der Waals surface area contributed by atoms with Crippen LogP contribution in [0.2, 0.25) is 0 Å². The number of carbonyl (C=O) groups excluding carboxylic acids is 1. The maximum atomic E-state index is 12.4. The Morgan fingerprint density at radius 2 is 1.83 bits per heavy atom. The van der Waals surface area contributed by atoms with E-state index in [-0.39, 0.29) is 16.6 Å². The zero-order chi connectivity index (χ0) is 20.9. The topological polar surface area (TPSA) is 88.0 Å². The molecule has 0 atom stereocenters. The smallest absolute Gasteiger partial charge is 0.317 e. The van der Waals surface area contributed by atoms with Crippen molar-refractivity contribution in [1.82, 2.24) is 10.2 Å². The number of ether oxygens (including phenoxy) is 1. The Kier molecular flexibility index (Phi) is 6.02. The number of rotatable bonds is 6. The van der Waals surface area contributed by atoms with Crippen LogP contribution in [-0.4, -0.2) is 55.2 Å². The Labute approximate surface area is 175 Å². The molecule has 0 bridgehead atoms. The van der Waals surface area contributed by atoms with Crippen LogP contribution in [0.1, 0.15) is 17.5 Å². The second kappa shape index (κ2) is 9.02. The van der Waals surface area contributed by atoms with Crippen LogP contribution in [0.3, 0.4) is 0 Å². The van der Waals surface area contributed by atoms with Gasteiger partial charge in [0.25, 0.3) is 5.69 Å². The number of nitro groups is 1. The minimum Gasteiger partial charge on any atom is -0.492 e. The van der Waals surface area contributed by atoms with Crippen LogP contribution >= 0.6 is 0 Å². The molecule has 0 unspecified atom stereocenters. The number of anilines is 1. The van der Waals surface area contributed by atoms with Gasteiger partial charge in [0.15, 0.2) is 0 Å². The van der Waals surface area contributed by atoms with Crippen LogP contribution < -0.4 is 15.0 Å². The second-order valence-corrected chi connectivity index (χ2v) is 7.58. The molecule has 1 aliphatic carbocycles. The summed E-state index contributed by atoms with van der Waals surface area (Å²) >= 11 is 0. The first-order chi connectivity index (χ1) is 14.6. The molecule has 0 radical (unpaired) electrons. The Morgan fingerprint density at radius 1 is 1.07 bits per heavy atom. The molecule has 1 aliphatic heterocycles. The molecule has 158 valence electrons. The molecule has 2 amide bonds. The summed E-state index contributed by atoms with van der Waals surface area (Å²) in [6.45, 7) is 3.00. The minimum absolute atomic E-state index is 0.0964. The van der Waals surface area contributed by atoms with Crippen molar-refractivity contribution in [2.24, 2.45) is 0 Å². The summed E-state index contributed by atoms with van der Waals surface area (Å²) in [6.07, 6.45) is 3.47. The van der Waals surface area contributed by atoms with E-state index in [1.54, 1.807) is 23.1 Å². The summed E-state index contributed by atoms with van der Waals surface area (Å²) in [5.41, 5.74) is 3.48. The summed E-state index contributed by atoms with van der Waals surface area (Å²) in [5, 5.41) is 14.1. The monoisotopic (exact) mass is 410 g/mol. The van der Waals surface area contributed by atoms with Crippen molar-refractivity contribution in [1.29, 1.82) is 0 Å². The van der Waals surface area contributed by atoms with Crippen molar-refractivity contribution in [2.45, 2.75) is 19.3 Å². The Bertz CT molecular complexity index is 925. The third kappa shape index (κ3) is 4.48. The molecule has 2 aliphatic rings. The fourth-order valence-electron chi connectivity index (χ4n) is 4.11. The predicted molar refractivity (Wildman–Crippen MR) is 114 cm³/mol. The number of nitro benzene ring substituents is 1. The lowest BCUT2D eigenvalue weighted by molar-refractivity contribution is -0.384. The SMILES string of the molecule is O=C(NCCOc1ccc2c(c1)CCC2)N1CCN(c2ccccc2[N+](=O)[O-])CC1. The first kappa shape index (κ1) is 20.0. The van der Waals surface area contributed by atoms with E-state index in [9.17, 15) is 14.9 Å². The number of benzene rings is 2. The number of hydrogen-bond acceptors (Lipinski definition) is 5. The molecule has 2 aromatic carbocycles. The highest BCUT2D eigenvalue weighted by Gasteiger charge is 2.25. The van der Waals surface area contributed by atoms with Crippen molar-refractivity contribution in [2.75, 3.05) is 44.2 Å². The summed E-state index contributed by atoms with van der Waals surface area (Å²) in [7, 11) is 0. The molecule has 0 saturated carbocycles. The summed E-state index contributed by atoms with van der Waals surface area (Å²) in [6, 6.07) is 12.8. The van der Waals surface area contributed by atoms with Gasteiger partial charge in [0.05, 0.1) is 11.5 Å². The van der Waals surface area contributed by atoms with Crippen molar-refractivity contribution < 1.29 is 14.5 Å². The van der Waals surface area contributed by atoms with Gasteiger partial charge in [-0.15, -0.1) is 0 Å². The molecule has 4 rings (SSSR count). The van der Waals surface area contributed by atoms with Crippen LogP contribution in [0, 0.1) is 10.1 Å². The lowest BCUT2D eigenvalue weighted by Crippen LogP contribution is -2.52. The summed E-state index contributed by atoms with van der Waals surface area (Å²) in [4.78, 5) is 27.0. The van der Waals surface area contributed by atoms with Crippen molar-refractivity contribution in [3.8, 4) is 5.75 Å². The number of urea groups is 1. The Morgan fingerprint density at radius 3 is 2.63 bits per heavy atom. The van der Waals surface area contributed by atoms with Crippen molar-refractivity contribution >= 4 is 17.4 Å². The molecule has 8 heteroatoms. The van der Waals surface area contributed by atoms with Crippen LogP contribution in [0.15, 0.2) is 42.5 Å². The normalized spacial score (nSPS) is 15.6. The molecule has 0 spiro atoms. The van der Waals surface area contributed by atoms with Crippen molar-refractivity contribution in [3.63, 3.8) is 0 Å². The van der Waals surface area contributed by atoms with Gasteiger partial charge in [-0.2, -0.15) is 0 Å². The fraction of sp³-hybridized carbons (Fsp3) is 0.409. The molecular weight excluding hydrogens is 384 g/mol. The molecule has 0 aromatic heterocycles. The lowest BCUT2D eigenvalue weighted by atomic mass is 10.1. The number of nitrogens with one attached hydrogen (secondary N) is 1. The third-order valence-corrected chi connectivity index (χ3v) is 5.70. The number of aryl methyl sites for hydroxylation is 2. The van der Waals surface area contributed by atoms with E-state index in [1.165, 1.54) is 23.6 Å². The molecule has 1 heterocycles. The third-order valence-electron chi connectivity index (χ3n) is 5.70. The fourth-order valence-corrected chi connectivity index (χ4v) is 4.11. The van der Waals surface area contributed by atoms with E-state index in [0.29, 0.717) is 45.0 Å². The van der Waals surface area contributed by atoms with Crippen LogP contribution in [0.4, 0.5) is 16.2 Å². The molecular formula is C22H26N4O4. The van der Waals surface area contributed by atoms with E-state index >= 15 is 0 Å². The number of fused-ring (bicyclic) bond motifs is 1. The van der Waals surface area contributed by atoms with E-state index < -0.39 is 0 Å². The number of carbonyl (C=O) groups is 1. The van der Waals surface area contributed by atoms with Crippen molar-refractivity contribution in [3.05, 3.63) is 63.7 Å². The maximum Gasteiger partial charge on any atom is 0.317 e. The quantitative estimate of drug-likeness (QED) is 0.449. The zero-order valence-corrected chi connectivity index (χ0v) is 16.9. The molecule has 1 N–H and O–H groups in total. The Hall–Kier alpha value is -3.29. The van der Waals surface area contributed by atoms with Gasteiger partial charge >= 0.3 is 6.03 Å². The molecule has 1 fully saturated rings. The van der Waals surface area contributed by atoms with Gasteiger partial charge in [-0.25, -0.2) is 4.79 Å². The molecule has 8 nitrogen and oxygen atoms in total. The predicted octanol–water partition coefficient (Wildman–Crippen LogP) is 2.99. The summed E-state index contributed by atoms with van der Waals surface area (Å²) < 4.78 is 5.77. The molecule has 1 saturated heterocycles. The highest BCUT2D eigenvalue weighted by Crippen LogP contribution is 2.28. The van der Waals surface area contributed by atoms with Gasteiger partial charge in [-0.05, 0) is 48.6 Å². The van der Waals surface area contributed by atoms with E-state index in [2.05, 4.69) is 17.4 Å². The number of amides is 2. The Balaban J connectivity index is 1.21. The molecule has 2 aromatic rings. The first-order valence-corrected chi connectivity index (χ1v) is 10.4. The van der Waals surface area contributed by atoms with E-state index in [1.807, 2.05) is 11.0 Å². The highest BCUT2D eigenvalue weighted by atomic mass is 16.6. The average Bonchev–Trinajstić information content (AvgIpc) is 3.24. The van der Waals surface area contributed by atoms with Gasteiger partial charge < -0.3 is 19.9 Å². The van der Waals surface area contributed by atoms with E-state index in [4.69, 9.17) is 4.74 Å². The second-order valence-electron chi connectivity index (χ2n) is 7.58. The minimum atomic E-state index is -0.366. The number of piperazine rings is 1. The number of para-hydroxylation sites is 2. The first-order valence-electron chi connectivity index (χ1n) is 10.4. The number of hydrogen-bond donors (Lipinski definition) is 1. The van der Waals surface area contributed by atoms with Gasteiger partial charge in [0, 0.05) is 32.2 Å². The van der Waals surface area contributed by atoms with Gasteiger partial charge in [0.1, 0.15) is 18.0 Å². The van der Waals surface area contributed by atoms with Crippen LogP contribution in [-0.2, 0) is 12.8 Å². The average molecular weight is 410 g/mol. The molecule has 30 heavy (non-hydrogen) atoms. The maximum absolute atomic E-state index is 12.4. The summed E-state index contributed by atoms with van der Waals surface area (Å²) in [5.74, 6) is 0.850. The van der Waals surface area contributed by atoms with Crippen LogP contribution in [0.5, 0.6) is 5.75 Å². The van der Waals surface area contributed by atoms with Gasteiger partial charge in [-0.1, -0.05) is 18.2 Å². The van der Waals surface area contributed by atoms with Gasteiger partial charge in [0.2, 0.25) is 0 Å². The zero-order valence-electron chi connectivity index (χ0n) is 16.9. The largest absolute Gasteiger partial charge is 0.492 e. The van der Waals surface area contributed by atoms with Gasteiger partial charge in [-0.3, -0.25) is 10.1 Å². The standard InChI is InChI=1S/C22H26N4O4/c27-22(23-10-15-30-19-9-8-17-4-3-5-18(17)16-19)25-13-11-24(12-14-25)20-6-1-2-7-21(20)26(28)29/h1-2,6-9,16H,3-5,10-15H2,(H,23,27). The number of nitrogens with zero attached hydrogens (tertiary/aromatic N) is 3. The van der Waals surface area contributed by atoms with E-state index in [0.717, 1.165) is 18.6 Å². The lowest BCUT2D eigenvalue weighted by Gasteiger charge is -2.35. The highest BCUT2D eigenvalue weighted by molar-refractivity contribution is 5.74.